The summed E-state index contributed by atoms with van der Waals surface area (Å²) >= 11 is 3.46. The summed E-state index contributed by atoms with van der Waals surface area (Å²) in [7, 11) is 0. The van der Waals surface area contributed by atoms with Gasteiger partial charge >= 0.3 is 0 Å². The van der Waals surface area contributed by atoms with Gasteiger partial charge in [0.15, 0.2) is 0 Å². The van der Waals surface area contributed by atoms with Crippen molar-refractivity contribution >= 4 is 33.2 Å². The van der Waals surface area contributed by atoms with Crippen LogP contribution in [0.2, 0.25) is 0 Å². The number of carbonyl (C=O) groups is 1. The molecule has 0 spiro atoms. The van der Waals surface area contributed by atoms with Crippen molar-refractivity contribution in [3.8, 4) is 0 Å². The topological polar surface area (TPSA) is 41.1 Å². The van der Waals surface area contributed by atoms with Gasteiger partial charge in [0.05, 0.1) is 0 Å². The Kier molecular flexibility index (Phi) is 3.74. The van der Waals surface area contributed by atoms with Crippen LogP contribution in [0.3, 0.4) is 0 Å². The number of carbonyl (C=O) groups excluding carboxylic acids is 1. The highest BCUT2D eigenvalue weighted by molar-refractivity contribution is 9.10. The van der Waals surface area contributed by atoms with Crippen LogP contribution < -0.4 is 10.6 Å². The third kappa shape index (κ3) is 2.31. The van der Waals surface area contributed by atoms with Crippen LogP contribution in [0, 0.1) is 5.82 Å². The molecule has 112 valence electrons. The van der Waals surface area contributed by atoms with Crippen LogP contribution in [0.5, 0.6) is 0 Å². The number of para-hydroxylation sites is 1. The first-order valence-corrected chi connectivity index (χ1v) is 7.61. The number of hydrogen-bond acceptors (Lipinski definition) is 2. The van der Waals surface area contributed by atoms with Gasteiger partial charge in [-0.3, -0.25) is 4.79 Å². The maximum Gasteiger partial charge on any atom is 0.255 e. The predicted molar refractivity (Wildman–Crippen MR) is 89.3 cm³/mol. The zero-order valence-corrected chi connectivity index (χ0v) is 13.3. The third-order valence-electron chi connectivity index (χ3n) is 3.75. The summed E-state index contributed by atoms with van der Waals surface area (Å²) in [4.78, 5) is 12.6. The molecule has 0 saturated carbocycles. The molecule has 1 heterocycles. The van der Waals surface area contributed by atoms with Crippen molar-refractivity contribution in [3.05, 3.63) is 71.0 Å². The number of anilines is 2. The predicted octanol–water partition coefficient (Wildman–Crippen LogP) is 4.42. The Morgan fingerprint density at radius 2 is 2.09 bits per heavy atom. The molecule has 1 aliphatic rings. The van der Waals surface area contributed by atoms with Gasteiger partial charge in [0.25, 0.3) is 5.91 Å². The van der Waals surface area contributed by atoms with Gasteiger partial charge in [-0.15, -0.1) is 6.58 Å². The highest BCUT2D eigenvalue weighted by Gasteiger charge is 2.46. The number of nitrogens with one attached hydrogen (secondary N) is 2. The molecule has 1 aliphatic heterocycles. The van der Waals surface area contributed by atoms with Gasteiger partial charge in [0, 0.05) is 27.8 Å². The average Bonchev–Trinajstić information content (AvgIpc) is 2.75. The molecule has 5 heteroatoms. The van der Waals surface area contributed by atoms with Crippen molar-refractivity contribution in [2.45, 2.75) is 12.0 Å². The summed E-state index contributed by atoms with van der Waals surface area (Å²) in [5, 5.41) is 6.07. The van der Waals surface area contributed by atoms with E-state index in [2.05, 4.69) is 33.1 Å². The Morgan fingerprint density at radius 1 is 1.32 bits per heavy atom. The van der Waals surface area contributed by atoms with Gasteiger partial charge < -0.3 is 10.6 Å². The standard InChI is InChI=1S/C17H14BrFN2O/c1-2-9-17(21-15-6-4-3-5-13(15)18)12-10-11(19)7-8-14(12)20-16(17)22/h2-8,10,21H,1,9H2,(H,20,22). The molecular formula is C17H14BrFN2O. The van der Waals surface area contributed by atoms with Crippen LogP contribution in [-0.2, 0) is 10.3 Å². The summed E-state index contributed by atoms with van der Waals surface area (Å²) in [5.74, 6) is -0.596. The average molecular weight is 361 g/mol. The Bertz CT molecular complexity index is 762. The molecule has 1 amide bonds. The summed E-state index contributed by atoms with van der Waals surface area (Å²) in [6.07, 6.45) is 2.00. The van der Waals surface area contributed by atoms with Gasteiger partial charge in [0.2, 0.25) is 0 Å². The molecule has 0 fully saturated rings. The van der Waals surface area contributed by atoms with Crippen LogP contribution in [0.4, 0.5) is 15.8 Å². The molecule has 2 aromatic rings. The van der Waals surface area contributed by atoms with Crippen molar-refractivity contribution in [3.63, 3.8) is 0 Å². The lowest BCUT2D eigenvalue weighted by molar-refractivity contribution is -0.119. The van der Waals surface area contributed by atoms with Crippen molar-refractivity contribution in [2.75, 3.05) is 10.6 Å². The Balaban J connectivity index is 2.14. The fourth-order valence-electron chi connectivity index (χ4n) is 2.72. The highest BCUT2D eigenvalue weighted by atomic mass is 79.9. The van der Waals surface area contributed by atoms with E-state index in [1.54, 1.807) is 12.1 Å². The van der Waals surface area contributed by atoms with E-state index < -0.39 is 5.54 Å². The molecule has 1 unspecified atom stereocenters. The van der Waals surface area contributed by atoms with Crippen LogP contribution in [0.1, 0.15) is 12.0 Å². The molecule has 1 atom stereocenters. The molecule has 2 aromatic carbocycles. The summed E-state index contributed by atoms with van der Waals surface area (Å²) < 4.78 is 14.5. The second kappa shape index (κ2) is 5.57. The first kappa shape index (κ1) is 14.8. The summed E-state index contributed by atoms with van der Waals surface area (Å²) in [6, 6.07) is 11.8. The van der Waals surface area contributed by atoms with Crippen LogP contribution >= 0.6 is 15.9 Å². The molecule has 3 rings (SSSR count). The number of fused-ring (bicyclic) bond motifs is 1. The van der Waals surface area contributed by atoms with E-state index in [4.69, 9.17) is 0 Å². The fraction of sp³-hybridized carbons (Fsp3) is 0.118. The SMILES string of the molecule is C=CCC1(Nc2ccccc2Br)C(=O)Nc2ccc(F)cc21. The van der Waals surface area contributed by atoms with Crippen molar-refractivity contribution < 1.29 is 9.18 Å². The number of rotatable bonds is 4. The zero-order valence-electron chi connectivity index (χ0n) is 11.7. The van der Waals surface area contributed by atoms with E-state index in [-0.39, 0.29) is 11.7 Å². The van der Waals surface area contributed by atoms with E-state index in [0.29, 0.717) is 17.7 Å². The molecule has 22 heavy (non-hydrogen) atoms. The highest BCUT2D eigenvalue weighted by Crippen LogP contribution is 2.42. The van der Waals surface area contributed by atoms with Gasteiger partial charge in [-0.2, -0.15) is 0 Å². The molecule has 0 bridgehead atoms. The molecule has 0 radical (unpaired) electrons. The lowest BCUT2D eigenvalue weighted by Gasteiger charge is -2.29. The second-order valence-electron chi connectivity index (χ2n) is 5.15. The molecule has 3 nitrogen and oxygen atoms in total. The number of hydrogen-bond donors (Lipinski definition) is 2. The molecular weight excluding hydrogens is 347 g/mol. The molecule has 0 saturated heterocycles. The molecule has 2 N–H and O–H groups in total. The van der Waals surface area contributed by atoms with E-state index >= 15 is 0 Å². The summed E-state index contributed by atoms with van der Waals surface area (Å²) in [5.41, 5.74) is 0.904. The van der Waals surface area contributed by atoms with Gasteiger partial charge in [-0.25, -0.2) is 4.39 Å². The number of halogens is 2. The van der Waals surface area contributed by atoms with E-state index in [0.717, 1.165) is 10.2 Å². The largest absolute Gasteiger partial charge is 0.366 e. The Hall–Kier alpha value is -2.14. The Labute approximate surface area is 136 Å². The van der Waals surface area contributed by atoms with E-state index in [1.807, 2.05) is 24.3 Å². The van der Waals surface area contributed by atoms with Crippen molar-refractivity contribution in [1.29, 1.82) is 0 Å². The van der Waals surface area contributed by atoms with Crippen LogP contribution in [0.15, 0.2) is 59.6 Å². The lowest BCUT2D eigenvalue weighted by atomic mass is 9.87. The lowest BCUT2D eigenvalue weighted by Crippen LogP contribution is -2.42. The Morgan fingerprint density at radius 3 is 2.82 bits per heavy atom. The first-order valence-electron chi connectivity index (χ1n) is 6.82. The van der Waals surface area contributed by atoms with Crippen molar-refractivity contribution in [2.24, 2.45) is 0 Å². The van der Waals surface area contributed by atoms with Crippen LogP contribution in [0.25, 0.3) is 0 Å². The minimum absolute atomic E-state index is 0.219. The zero-order chi connectivity index (χ0) is 15.7. The smallest absolute Gasteiger partial charge is 0.255 e. The minimum atomic E-state index is -1.07. The van der Waals surface area contributed by atoms with E-state index in [9.17, 15) is 9.18 Å². The molecule has 0 aliphatic carbocycles. The first-order chi connectivity index (χ1) is 10.6. The number of amides is 1. The monoisotopic (exact) mass is 360 g/mol. The molecule has 0 aromatic heterocycles. The quantitative estimate of drug-likeness (QED) is 0.792. The third-order valence-corrected chi connectivity index (χ3v) is 4.44. The van der Waals surface area contributed by atoms with E-state index in [1.165, 1.54) is 12.1 Å². The number of benzene rings is 2. The van der Waals surface area contributed by atoms with Gasteiger partial charge in [0.1, 0.15) is 11.4 Å². The van der Waals surface area contributed by atoms with Crippen LogP contribution in [-0.4, -0.2) is 5.91 Å². The second-order valence-corrected chi connectivity index (χ2v) is 6.00. The maximum atomic E-state index is 13.7. The fourth-order valence-corrected chi connectivity index (χ4v) is 3.10. The summed E-state index contributed by atoms with van der Waals surface area (Å²) in [6.45, 7) is 3.74. The normalized spacial score (nSPS) is 19.5. The van der Waals surface area contributed by atoms with Gasteiger partial charge in [-0.1, -0.05) is 18.2 Å². The van der Waals surface area contributed by atoms with Crippen molar-refractivity contribution in [1.82, 2.24) is 0 Å². The minimum Gasteiger partial charge on any atom is -0.366 e. The maximum absolute atomic E-state index is 13.7. The van der Waals surface area contributed by atoms with Gasteiger partial charge in [-0.05, 0) is 46.3 Å².